The number of nitrogens with one attached hydrogen (secondary N) is 2. The Bertz CT molecular complexity index is 526. The fourth-order valence-electron chi connectivity index (χ4n) is 1.78. The van der Waals surface area contributed by atoms with Crippen molar-refractivity contribution in [3.63, 3.8) is 0 Å². The summed E-state index contributed by atoms with van der Waals surface area (Å²) in [5, 5.41) is 14.4. The van der Waals surface area contributed by atoms with Crippen LogP contribution in [0, 0.1) is 0 Å². The Balaban J connectivity index is 1.91. The molecule has 0 saturated carbocycles. The molecule has 1 unspecified atom stereocenters. The van der Waals surface area contributed by atoms with Crippen molar-refractivity contribution in [3.8, 4) is 0 Å². The summed E-state index contributed by atoms with van der Waals surface area (Å²) in [5.74, 6) is 0.601. The first-order valence-corrected chi connectivity index (χ1v) is 7.53. The van der Waals surface area contributed by atoms with E-state index in [4.69, 9.17) is 4.42 Å². The molecule has 2 N–H and O–H groups in total. The summed E-state index contributed by atoms with van der Waals surface area (Å²) < 4.78 is 6.61. The van der Waals surface area contributed by atoms with E-state index >= 15 is 0 Å². The molecule has 108 valence electrons. The standard InChI is InChI=1S/C14H19BrN4O/c1-3-8-16-9-13-18-19-14(20-13)17-10(2)11-4-6-12(15)7-5-11/h4-7,10,16H,3,8-9H2,1-2H3,(H,17,19). The van der Waals surface area contributed by atoms with E-state index in [-0.39, 0.29) is 6.04 Å². The van der Waals surface area contributed by atoms with Crippen molar-refractivity contribution in [2.75, 3.05) is 11.9 Å². The Labute approximate surface area is 127 Å². The van der Waals surface area contributed by atoms with Gasteiger partial charge in [0, 0.05) is 4.47 Å². The molecule has 0 saturated heterocycles. The van der Waals surface area contributed by atoms with E-state index in [1.807, 2.05) is 12.1 Å². The lowest BCUT2D eigenvalue weighted by molar-refractivity contribution is 0.474. The Morgan fingerprint density at radius 1 is 1.25 bits per heavy atom. The lowest BCUT2D eigenvalue weighted by Gasteiger charge is -2.11. The average molecular weight is 339 g/mol. The molecule has 0 bridgehead atoms. The Hall–Kier alpha value is -1.40. The molecule has 1 aromatic carbocycles. The number of aromatic nitrogens is 2. The van der Waals surface area contributed by atoms with Gasteiger partial charge in [0.1, 0.15) is 0 Å². The molecule has 0 radical (unpaired) electrons. The molecule has 2 rings (SSSR count). The molecule has 5 nitrogen and oxygen atoms in total. The average Bonchev–Trinajstić information content (AvgIpc) is 2.87. The number of halogens is 1. The van der Waals surface area contributed by atoms with Crippen LogP contribution in [0.4, 0.5) is 6.01 Å². The van der Waals surface area contributed by atoms with Gasteiger partial charge in [0.25, 0.3) is 0 Å². The van der Waals surface area contributed by atoms with Gasteiger partial charge in [0.05, 0.1) is 12.6 Å². The Kier molecular flexibility index (Phi) is 5.55. The molecule has 2 aromatic rings. The van der Waals surface area contributed by atoms with Gasteiger partial charge in [0.2, 0.25) is 5.89 Å². The highest BCUT2D eigenvalue weighted by atomic mass is 79.9. The lowest BCUT2D eigenvalue weighted by atomic mass is 10.1. The van der Waals surface area contributed by atoms with Crippen molar-refractivity contribution < 1.29 is 4.42 Å². The molecule has 6 heteroatoms. The third-order valence-electron chi connectivity index (χ3n) is 2.88. The molecule has 1 aromatic heterocycles. The maximum Gasteiger partial charge on any atom is 0.315 e. The van der Waals surface area contributed by atoms with Crippen molar-refractivity contribution in [1.82, 2.24) is 15.5 Å². The molecule has 1 atom stereocenters. The van der Waals surface area contributed by atoms with E-state index in [0.717, 1.165) is 23.0 Å². The maximum atomic E-state index is 5.54. The first-order valence-electron chi connectivity index (χ1n) is 6.74. The van der Waals surface area contributed by atoms with Gasteiger partial charge in [-0.1, -0.05) is 40.1 Å². The van der Waals surface area contributed by atoms with E-state index < -0.39 is 0 Å². The lowest BCUT2D eigenvalue weighted by Crippen LogP contribution is -2.13. The highest BCUT2D eigenvalue weighted by molar-refractivity contribution is 9.10. The Morgan fingerprint density at radius 2 is 2.00 bits per heavy atom. The van der Waals surface area contributed by atoms with Crippen molar-refractivity contribution in [2.24, 2.45) is 0 Å². The molecule has 0 amide bonds. The zero-order chi connectivity index (χ0) is 14.4. The van der Waals surface area contributed by atoms with E-state index in [2.05, 4.69) is 62.7 Å². The van der Waals surface area contributed by atoms with Crippen LogP contribution in [0.2, 0.25) is 0 Å². The summed E-state index contributed by atoms with van der Waals surface area (Å²) >= 11 is 3.43. The van der Waals surface area contributed by atoms with Gasteiger partial charge in [0.15, 0.2) is 0 Å². The largest absolute Gasteiger partial charge is 0.407 e. The van der Waals surface area contributed by atoms with Crippen molar-refractivity contribution in [3.05, 3.63) is 40.2 Å². The van der Waals surface area contributed by atoms with Crippen LogP contribution >= 0.6 is 15.9 Å². The zero-order valence-corrected chi connectivity index (χ0v) is 13.3. The van der Waals surface area contributed by atoms with Gasteiger partial charge in [-0.3, -0.25) is 0 Å². The predicted octanol–water partition coefficient (Wildman–Crippen LogP) is 3.50. The smallest absolute Gasteiger partial charge is 0.315 e. The number of anilines is 1. The van der Waals surface area contributed by atoms with E-state index in [0.29, 0.717) is 18.5 Å². The molecule has 0 aliphatic heterocycles. The minimum Gasteiger partial charge on any atom is -0.407 e. The second-order valence-electron chi connectivity index (χ2n) is 4.60. The molecule has 0 aliphatic carbocycles. The van der Waals surface area contributed by atoms with Crippen LogP contribution in [-0.2, 0) is 6.54 Å². The third kappa shape index (κ3) is 4.31. The number of hydrogen-bond acceptors (Lipinski definition) is 5. The predicted molar refractivity (Wildman–Crippen MR) is 82.5 cm³/mol. The topological polar surface area (TPSA) is 63.0 Å². The van der Waals surface area contributed by atoms with Gasteiger partial charge >= 0.3 is 6.01 Å². The minimum atomic E-state index is 0.111. The monoisotopic (exact) mass is 338 g/mol. The van der Waals surface area contributed by atoms with Gasteiger partial charge < -0.3 is 15.1 Å². The molecule has 1 heterocycles. The van der Waals surface area contributed by atoms with Crippen LogP contribution in [0.25, 0.3) is 0 Å². The highest BCUT2D eigenvalue weighted by Crippen LogP contribution is 2.20. The fraction of sp³-hybridized carbons (Fsp3) is 0.429. The maximum absolute atomic E-state index is 5.54. The Morgan fingerprint density at radius 3 is 2.70 bits per heavy atom. The quantitative estimate of drug-likeness (QED) is 0.756. The third-order valence-corrected chi connectivity index (χ3v) is 3.41. The molecular weight excluding hydrogens is 320 g/mol. The van der Waals surface area contributed by atoms with Crippen molar-refractivity contribution >= 4 is 21.9 Å². The summed E-state index contributed by atoms with van der Waals surface area (Å²) in [4.78, 5) is 0. The number of benzene rings is 1. The SMILES string of the molecule is CCCNCc1nnc(NC(C)c2ccc(Br)cc2)o1. The van der Waals surface area contributed by atoms with E-state index in [1.165, 1.54) is 0 Å². The van der Waals surface area contributed by atoms with E-state index in [1.54, 1.807) is 0 Å². The number of nitrogens with zero attached hydrogens (tertiary/aromatic N) is 2. The number of rotatable bonds is 7. The molecule has 0 fully saturated rings. The van der Waals surface area contributed by atoms with Crippen LogP contribution < -0.4 is 10.6 Å². The van der Waals surface area contributed by atoms with Crippen LogP contribution in [0.3, 0.4) is 0 Å². The van der Waals surface area contributed by atoms with E-state index in [9.17, 15) is 0 Å². The second kappa shape index (κ2) is 7.40. The summed E-state index contributed by atoms with van der Waals surface area (Å²) in [6, 6.07) is 8.71. The summed E-state index contributed by atoms with van der Waals surface area (Å²) in [7, 11) is 0. The first-order chi connectivity index (χ1) is 9.69. The highest BCUT2D eigenvalue weighted by Gasteiger charge is 2.10. The van der Waals surface area contributed by atoms with Crippen molar-refractivity contribution in [1.29, 1.82) is 0 Å². The van der Waals surface area contributed by atoms with Gasteiger partial charge in [-0.05, 0) is 37.6 Å². The molecular formula is C14H19BrN4O. The number of hydrogen-bond donors (Lipinski definition) is 2. The normalized spacial score (nSPS) is 12.3. The van der Waals surface area contributed by atoms with Gasteiger partial charge in [-0.2, -0.15) is 0 Å². The zero-order valence-electron chi connectivity index (χ0n) is 11.7. The molecule has 20 heavy (non-hydrogen) atoms. The van der Waals surface area contributed by atoms with Crippen LogP contribution in [0.5, 0.6) is 0 Å². The summed E-state index contributed by atoms with van der Waals surface area (Å²) in [6.07, 6.45) is 1.08. The van der Waals surface area contributed by atoms with Crippen LogP contribution in [0.15, 0.2) is 33.2 Å². The molecule has 0 spiro atoms. The fourth-order valence-corrected chi connectivity index (χ4v) is 2.04. The summed E-state index contributed by atoms with van der Waals surface area (Å²) in [5.41, 5.74) is 1.16. The van der Waals surface area contributed by atoms with Gasteiger partial charge in [-0.25, -0.2) is 0 Å². The second-order valence-corrected chi connectivity index (χ2v) is 5.51. The van der Waals surface area contributed by atoms with Gasteiger partial charge in [-0.15, -0.1) is 5.10 Å². The van der Waals surface area contributed by atoms with Crippen LogP contribution in [-0.4, -0.2) is 16.7 Å². The minimum absolute atomic E-state index is 0.111. The summed E-state index contributed by atoms with van der Waals surface area (Å²) in [6.45, 7) is 5.73. The van der Waals surface area contributed by atoms with Crippen LogP contribution in [0.1, 0.15) is 37.8 Å². The first kappa shape index (κ1) is 15.0. The van der Waals surface area contributed by atoms with Crippen molar-refractivity contribution in [2.45, 2.75) is 32.9 Å². The molecule has 0 aliphatic rings.